The number of hydrogen-bond donors (Lipinski definition) is 1. The van der Waals surface area contributed by atoms with Gasteiger partial charge in [0, 0.05) is 42.2 Å². The minimum atomic E-state index is -0.431. The van der Waals surface area contributed by atoms with E-state index in [0.29, 0.717) is 12.1 Å². The molecule has 0 unspecified atom stereocenters. The first-order valence-corrected chi connectivity index (χ1v) is 10.7. The van der Waals surface area contributed by atoms with Crippen LogP contribution in [0.2, 0.25) is 0 Å². The maximum Gasteiger partial charge on any atom is 0.339 e. The molecule has 1 N–H and O–H groups in total. The number of pyridine rings is 1. The second-order valence-electron chi connectivity index (χ2n) is 8.08. The SMILES string of the molecule is CCCN1CCc2nc3ccccc3c(C(=O)OCC(=O)NC3CCCC3)c2C1. The summed E-state index contributed by atoms with van der Waals surface area (Å²) >= 11 is 0. The number of para-hydroxylation sites is 1. The largest absolute Gasteiger partial charge is 0.452 e. The number of carbonyl (C=O) groups excluding carboxylic acids is 2. The number of nitrogens with zero attached hydrogens (tertiary/aromatic N) is 2. The van der Waals surface area contributed by atoms with E-state index in [2.05, 4.69) is 17.1 Å². The third-order valence-corrected chi connectivity index (χ3v) is 5.92. The summed E-state index contributed by atoms with van der Waals surface area (Å²) in [5.41, 5.74) is 3.29. The van der Waals surface area contributed by atoms with Crippen molar-refractivity contribution >= 4 is 22.8 Å². The number of esters is 1. The van der Waals surface area contributed by atoms with Crippen LogP contribution < -0.4 is 5.32 Å². The van der Waals surface area contributed by atoms with Crippen molar-refractivity contribution in [1.29, 1.82) is 0 Å². The molecule has 1 aliphatic heterocycles. The van der Waals surface area contributed by atoms with Crippen LogP contribution in [0.5, 0.6) is 0 Å². The van der Waals surface area contributed by atoms with Gasteiger partial charge in [-0.25, -0.2) is 4.79 Å². The maximum absolute atomic E-state index is 13.1. The first-order chi connectivity index (χ1) is 14.2. The predicted octanol–water partition coefficient (Wildman–Crippen LogP) is 3.22. The summed E-state index contributed by atoms with van der Waals surface area (Å²) in [5.74, 6) is -0.648. The molecule has 4 rings (SSSR count). The van der Waals surface area contributed by atoms with E-state index in [1.807, 2.05) is 24.3 Å². The molecule has 2 heterocycles. The molecule has 2 aromatic rings. The number of amides is 1. The van der Waals surface area contributed by atoms with Gasteiger partial charge in [-0.3, -0.25) is 14.7 Å². The molecule has 0 bridgehead atoms. The van der Waals surface area contributed by atoms with Crippen LogP contribution in [0.25, 0.3) is 10.9 Å². The number of nitrogens with one attached hydrogen (secondary N) is 1. The minimum absolute atomic E-state index is 0.218. The van der Waals surface area contributed by atoms with Crippen molar-refractivity contribution in [3.63, 3.8) is 0 Å². The summed E-state index contributed by atoms with van der Waals surface area (Å²) in [6, 6.07) is 7.90. The molecule has 1 aromatic carbocycles. The van der Waals surface area contributed by atoms with Crippen LogP contribution in [0.1, 0.15) is 60.6 Å². The third kappa shape index (κ3) is 4.42. The molecule has 0 atom stereocenters. The van der Waals surface area contributed by atoms with Gasteiger partial charge in [-0.2, -0.15) is 0 Å². The first kappa shape index (κ1) is 19.8. The van der Waals surface area contributed by atoms with Crippen molar-refractivity contribution in [1.82, 2.24) is 15.2 Å². The Hall–Kier alpha value is -2.47. The van der Waals surface area contributed by atoms with Crippen LogP contribution in [0, 0.1) is 0 Å². The topological polar surface area (TPSA) is 71.5 Å². The van der Waals surface area contributed by atoms with E-state index in [-0.39, 0.29) is 18.6 Å². The fourth-order valence-corrected chi connectivity index (χ4v) is 4.53. The molecule has 1 saturated carbocycles. The molecule has 2 aliphatic rings. The van der Waals surface area contributed by atoms with Crippen molar-refractivity contribution in [2.45, 2.75) is 58.0 Å². The van der Waals surface area contributed by atoms with Gasteiger partial charge in [0.05, 0.1) is 11.1 Å². The molecule has 1 fully saturated rings. The number of benzene rings is 1. The standard InChI is InChI=1S/C23H29N3O3/c1-2-12-26-13-11-20-18(14-26)22(17-9-5-6-10-19(17)25-20)23(28)29-15-21(27)24-16-7-3-4-8-16/h5-6,9-10,16H,2-4,7-8,11-15H2,1H3,(H,24,27). The van der Waals surface area contributed by atoms with Gasteiger partial charge >= 0.3 is 5.97 Å². The Labute approximate surface area is 171 Å². The summed E-state index contributed by atoms with van der Waals surface area (Å²) in [5, 5.41) is 3.77. The van der Waals surface area contributed by atoms with Gasteiger partial charge in [-0.1, -0.05) is 38.0 Å². The summed E-state index contributed by atoms with van der Waals surface area (Å²) in [7, 11) is 0. The second-order valence-corrected chi connectivity index (χ2v) is 8.08. The van der Waals surface area contributed by atoms with Crippen LogP contribution >= 0.6 is 0 Å². The van der Waals surface area contributed by atoms with Gasteiger partial charge in [-0.15, -0.1) is 0 Å². The lowest BCUT2D eigenvalue weighted by Gasteiger charge is -2.29. The lowest BCUT2D eigenvalue weighted by molar-refractivity contribution is -0.124. The fourth-order valence-electron chi connectivity index (χ4n) is 4.53. The highest BCUT2D eigenvalue weighted by molar-refractivity contribution is 6.05. The predicted molar refractivity (Wildman–Crippen MR) is 112 cm³/mol. The van der Waals surface area contributed by atoms with E-state index >= 15 is 0 Å². The van der Waals surface area contributed by atoms with Crippen LogP contribution in [0.4, 0.5) is 0 Å². The van der Waals surface area contributed by atoms with Crippen molar-refractivity contribution in [2.24, 2.45) is 0 Å². The van der Waals surface area contributed by atoms with Crippen molar-refractivity contribution in [2.75, 3.05) is 19.7 Å². The number of fused-ring (bicyclic) bond motifs is 2. The average molecular weight is 396 g/mol. The molecule has 29 heavy (non-hydrogen) atoms. The molecule has 1 amide bonds. The molecule has 154 valence electrons. The summed E-state index contributed by atoms with van der Waals surface area (Å²) in [4.78, 5) is 32.5. The third-order valence-electron chi connectivity index (χ3n) is 5.92. The summed E-state index contributed by atoms with van der Waals surface area (Å²) in [6.45, 7) is 4.56. The van der Waals surface area contributed by atoms with Crippen molar-refractivity contribution in [3.8, 4) is 0 Å². The number of aromatic nitrogens is 1. The smallest absolute Gasteiger partial charge is 0.339 e. The van der Waals surface area contributed by atoms with Gasteiger partial charge in [0.25, 0.3) is 5.91 Å². The van der Waals surface area contributed by atoms with Crippen LogP contribution in [-0.2, 0) is 22.5 Å². The monoisotopic (exact) mass is 395 g/mol. The van der Waals surface area contributed by atoms with E-state index in [4.69, 9.17) is 9.72 Å². The molecule has 6 heteroatoms. The van der Waals surface area contributed by atoms with E-state index < -0.39 is 5.97 Å². The van der Waals surface area contributed by atoms with E-state index in [9.17, 15) is 9.59 Å². The Bertz CT molecular complexity index is 906. The number of rotatable bonds is 6. The Morgan fingerprint density at radius 2 is 2.03 bits per heavy atom. The molecule has 0 spiro atoms. The van der Waals surface area contributed by atoms with Crippen LogP contribution in [0.3, 0.4) is 0 Å². The number of hydrogen-bond acceptors (Lipinski definition) is 5. The number of ether oxygens (including phenoxy) is 1. The molecule has 1 aromatic heterocycles. The molecule has 0 saturated heterocycles. The zero-order valence-corrected chi connectivity index (χ0v) is 17.1. The summed E-state index contributed by atoms with van der Waals surface area (Å²) < 4.78 is 5.47. The zero-order chi connectivity index (χ0) is 20.2. The zero-order valence-electron chi connectivity index (χ0n) is 17.1. The van der Waals surface area contributed by atoms with Crippen molar-refractivity contribution < 1.29 is 14.3 Å². The highest BCUT2D eigenvalue weighted by Crippen LogP contribution is 2.29. The molecular weight excluding hydrogens is 366 g/mol. The minimum Gasteiger partial charge on any atom is -0.452 e. The molecule has 6 nitrogen and oxygen atoms in total. The van der Waals surface area contributed by atoms with Crippen molar-refractivity contribution in [3.05, 3.63) is 41.1 Å². The highest BCUT2D eigenvalue weighted by atomic mass is 16.5. The Balaban J connectivity index is 1.56. The second kappa shape index (κ2) is 8.91. The molecular formula is C23H29N3O3. The lowest BCUT2D eigenvalue weighted by Crippen LogP contribution is -2.36. The van der Waals surface area contributed by atoms with E-state index in [0.717, 1.165) is 73.8 Å². The van der Waals surface area contributed by atoms with E-state index in [1.54, 1.807) is 0 Å². The van der Waals surface area contributed by atoms with Crippen LogP contribution in [0.15, 0.2) is 24.3 Å². The van der Waals surface area contributed by atoms with Gasteiger partial charge in [0.1, 0.15) is 0 Å². The van der Waals surface area contributed by atoms with Gasteiger partial charge in [-0.05, 0) is 31.9 Å². The maximum atomic E-state index is 13.1. The lowest BCUT2D eigenvalue weighted by atomic mass is 9.95. The van der Waals surface area contributed by atoms with Gasteiger partial charge < -0.3 is 10.1 Å². The fraction of sp³-hybridized carbons (Fsp3) is 0.522. The quantitative estimate of drug-likeness (QED) is 0.761. The van der Waals surface area contributed by atoms with Crippen LogP contribution in [-0.4, -0.2) is 47.5 Å². The van der Waals surface area contributed by atoms with Gasteiger partial charge in [0.15, 0.2) is 6.61 Å². The Kier molecular flexibility index (Phi) is 6.09. The highest BCUT2D eigenvalue weighted by Gasteiger charge is 2.27. The van der Waals surface area contributed by atoms with E-state index in [1.165, 1.54) is 0 Å². The molecule has 0 radical (unpaired) electrons. The Morgan fingerprint density at radius 1 is 1.24 bits per heavy atom. The Morgan fingerprint density at radius 3 is 2.83 bits per heavy atom. The normalized spacial score (nSPS) is 17.3. The number of carbonyl (C=O) groups is 2. The molecule has 1 aliphatic carbocycles. The van der Waals surface area contributed by atoms with Gasteiger partial charge in [0.2, 0.25) is 0 Å². The summed E-state index contributed by atoms with van der Waals surface area (Å²) in [6.07, 6.45) is 6.20. The first-order valence-electron chi connectivity index (χ1n) is 10.7. The average Bonchev–Trinajstić information content (AvgIpc) is 3.23.